The quantitative estimate of drug-likeness (QED) is 0.473. The van der Waals surface area contributed by atoms with E-state index < -0.39 is 0 Å². The van der Waals surface area contributed by atoms with E-state index in [0.717, 1.165) is 6.42 Å². The van der Waals surface area contributed by atoms with Crippen LogP contribution in [0.4, 0.5) is 0 Å². The predicted octanol–water partition coefficient (Wildman–Crippen LogP) is 6.78. The minimum Gasteiger partial charge on any atom is -0.0847 e. The van der Waals surface area contributed by atoms with Crippen LogP contribution in [0.15, 0.2) is 22.8 Å². The summed E-state index contributed by atoms with van der Waals surface area (Å²) >= 11 is 0. The topological polar surface area (TPSA) is 0 Å². The Hall–Kier alpha value is -0.520. The van der Waals surface area contributed by atoms with Gasteiger partial charge in [0.15, 0.2) is 0 Å². The van der Waals surface area contributed by atoms with Gasteiger partial charge >= 0.3 is 0 Å². The number of allylic oxidation sites excluding steroid dienone is 4. The van der Waals surface area contributed by atoms with Crippen molar-refractivity contribution in [3.63, 3.8) is 0 Å². The molecule has 0 amide bonds. The van der Waals surface area contributed by atoms with Crippen LogP contribution in [0.25, 0.3) is 0 Å². The summed E-state index contributed by atoms with van der Waals surface area (Å²) in [6, 6.07) is 0. The summed E-state index contributed by atoms with van der Waals surface area (Å²) in [6.07, 6.45) is 6.07. The second-order valence-corrected chi connectivity index (χ2v) is 5.53. The first-order valence-corrected chi connectivity index (χ1v) is 7.70. The third-order valence-electron chi connectivity index (χ3n) is 3.56. The lowest BCUT2D eigenvalue weighted by Gasteiger charge is -2.23. The lowest BCUT2D eigenvalue weighted by molar-refractivity contribution is 0.574. The van der Waals surface area contributed by atoms with E-state index in [0.29, 0.717) is 11.8 Å². The smallest absolute Gasteiger partial charge is 0.00191 e. The van der Waals surface area contributed by atoms with Gasteiger partial charge in [0.2, 0.25) is 0 Å². The maximum absolute atomic E-state index is 2.42. The molecule has 0 spiro atoms. The fraction of sp³-hybridized carbons (Fsp3) is 0.778. The number of rotatable bonds is 5. The van der Waals surface area contributed by atoms with E-state index in [9.17, 15) is 0 Å². The summed E-state index contributed by atoms with van der Waals surface area (Å²) in [7, 11) is 0. The maximum atomic E-state index is 2.42. The Labute approximate surface area is 117 Å². The molecule has 0 saturated carbocycles. The monoisotopic (exact) mass is 252 g/mol. The van der Waals surface area contributed by atoms with Gasteiger partial charge in [-0.1, -0.05) is 70.8 Å². The molecule has 0 fully saturated rings. The average Bonchev–Trinajstić information content (AvgIpc) is 2.34. The standard InChI is InChI=1S/C15H28.C3H8/c1-8-10-15(12(5)9-2)14(7)13(6)11(3)4;1-3-2/h10,12,14H,8-9H2,1-7H3;3H2,1-2H3/b15-10+;. The number of hydrogen-bond acceptors (Lipinski definition) is 0. The molecule has 0 heterocycles. The summed E-state index contributed by atoms with van der Waals surface area (Å²) in [5.41, 5.74) is 4.63. The van der Waals surface area contributed by atoms with Crippen molar-refractivity contribution in [2.24, 2.45) is 11.8 Å². The largest absolute Gasteiger partial charge is 0.0847 e. The normalized spacial score (nSPS) is 14.4. The van der Waals surface area contributed by atoms with Crippen LogP contribution >= 0.6 is 0 Å². The van der Waals surface area contributed by atoms with Crippen LogP contribution in [0.1, 0.15) is 81.6 Å². The molecular weight excluding hydrogens is 216 g/mol. The Balaban J connectivity index is 0. The van der Waals surface area contributed by atoms with E-state index in [1.807, 2.05) is 0 Å². The van der Waals surface area contributed by atoms with Crippen molar-refractivity contribution >= 4 is 0 Å². The van der Waals surface area contributed by atoms with Crippen LogP contribution in [0, 0.1) is 11.8 Å². The van der Waals surface area contributed by atoms with Crippen molar-refractivity contribution in [1.29, 1.82) is 0 Å². The van der Waals surface area contributed by atoms with Gasteiger partial charge in [0.25, 0.3) is 0 Å². The maximum Gasteiger partial charge on any atom is -0.00191 e. The SMILES string of the molecule is CC/C=C(\C(C)CC)C(C)C(C)=C(C)C.CCC. The van der Waals surface area contributed by atoms with Crippen LogP contribution in [0.3, 0.4) is 0 Å². The molecule has 108 valence electrons. The molecule has 0 rings (SSSR count). The first kappa shape index (κ1) is 19.8. The molecule has 0 aliphatic carbocycles. The molecule has 0 nitrogen and oxygen atoms in total. The van der Waals surface area contributed by atoms with Crippen LogP contribution in [0.5, 0.6) is 0 Å². The molecule has 0 aliphatic rings. The molecule has 2 unspecified atom stereocenters. The van der Waals surface area contributed by atoms with E-state index in [-0.39, 0.29) is 0 Å². The van der Waals surface area contributed by atoms with Crippen molar-refractivity contribution in [2.45, 2.75) is 81.6 Å². The minimum atomic E-state index is 0.616. The van der Waals surface area contributed by atoms with E-state index >= 15 is 0 Å². The van der Waals surface area contributed by atoms with Crippen molar-refractivity contribution < 1.29 is 0 Å². The van der Waals surface area contributed by atoms with Crippen LogP contribution < -0.4 is 0 Å². The highest BCUT2D eigenvalue weighted by molar-refractivity contribution is 5.23. The third-order valence-corrected chi connectivity index (χ3v) is 3.56. The van der Waals surface area contributed by atoms with Gasteiger partial charge in [0.1, 0.15) is 0 Å². The second-order valence-electron chi connectivity index (χ2n) is 5.53. The molecule has 2 atom stereocenters. The Morgan fingerprint density at radius 3 is 1.67 bits per heavy atom. The molecule has 0 saturated heterocycles. The highest BCUT2D eigenvalue weighted by atomic mass is 14.2. The molecule has 0 aromatic rings. The third kappa shape index (κ3) is 7.74. The number of hydrogen-bond donors (Lipinski definition) is 0. The Morgan fingerprint density at radius 2 is 1.39 bits per heavy atom. The first-order valence-electron chi connectivity index (χ1n) is 7.70. The molecule has 0 aromatic heterocycles. The van der Waals surface area contributed by atoms with Gasteiger partial charge in [0, 0.05) is 0 Å². The summed E-state index contributed by atoms with van der Waals surface area (Å²) in [6.45, 7) is 20.1. The highest BCUT2D eigenvalue weighted by Crippen LogP contribution is 2.29. The zero-order valence-corrected chi connectivity index (χ0v) is 14.4. The van der Waals surface area contributed by atoms with Gasteiger partial charge in [-0.2, -0.15) is 0 Å². The van der Waals surface area contributed by atoms with Gasteiger partial charge < -0.3 is 0 Å². The second kappa shape index (κ2) is 11.6. The summed E-state index contributed by atoms with van der Waals surface area (Å²) in [5.74, 6) is 1.33. The van der Waals surface area contributed by atoms with Crippen molar-refractivity contribution in [2.75, 3.05) is 0 Å². The molecule has 0 aliphatic heterocycles. The molecular formula is C18H36. The molecule has 18 heavy (non-hydrogen) atoms. The zero-order chi connectivity index (χ0) is 14.7. The molecule has 0 bridgehead atoms. The van der Waals surface area contributed by atoms with E-state index in [1.165, 1.54) is 24.0 Å². The summed E-state index contributed by atoms with van der Waals surface area (Å²) in [4.78, 5) is 0. The molecule has 0 radical (unpaired) electrons. The lowest BCUT2D eigenvalue weighted by atomic mass is 9.82. The Kier molecular flexibility index (Phi) is 12.7. The Morgan fingerprint density at radius 1 is 0.944 bits per heavy atom. The van der Waals surface area contributed by atoms with Gasteiger partial charge in [-0.15, -0.1) is 0 Å². The van der Waals surface area contributed by atoms with Crippen molar-refractivity contribution in [3.8, 4) is 0 Å². The molecule has 0 heteroatoms. The Bertz CT molecular complexity index is 251. The van der Waals surface area contributed by atoms with Gasteiger partial charge in [0.05, 0.1) is 0 Å². The van der Waals surface area contributed by atoms with Gasteiger partial charge in [-0.3, -0.25) is 0 Å². The van der Waals surface area contributed by atoms with E-state index in [4.69, 9.17) is 0 Å². The summed E-state index contributed by atoms with van der Waals surface area (Å²) < 4.78 is 0. The van der Waals surface area contributed by atoms with Crippen molar-refractivity contribution in [1.82, 2.24) is 0 Å². The minimum absolute atomic E-state index is 0.616. The van der Waals surface area contributed by atoms with Gasteiger partial charge in [-0.25, -0.2) is 0 Å². The van der Waals surface area contributed by atoms with E-state index in [1.54, 1.807) is 5.57 Å². The van der Waals surface area contributed by atoms with Crippen LogP contribution in [-0.2, 0) is 0 Å². The zero-order valence-electron chi connectivity index (χ0n) is 14.4. The summed E-state index contributed by atoms with van der Waals surface area (Å²) in [5, 5.41) is 0. The molecule has 0 N–H and O–H groups in total. The van der Waals surface area contributed by atoms with Crippen molar-refractivity contribution in [3.05, 3.63) is 22.8 Å². The average molecular weight is 252 g/mol. The predicted molar refractivity (Wildman–Crippen MR) is 87.0 cm³/mol. The van der Waals surface area contributed by atoms with Crippen LogP contribution in [0.2, 0.25) is 0 Å². The fourth-order valence-corrected chi connectivity index (χ4v) is 1.96. The van der Waals surface area contributed by atoms with E-state index in [2.05, 4.69) is 68.4 Å². The fourth-order valence-electron chi connectivity index (χ4n) is 1.96. The lowest BCUT2D eigenvalue weighted by Crippen LogP contribution is -2.10. The van der Waals surface area contributed by atoms with Crippen LogP contribution in [-0.4, -0.2) is 0 Å². The molecule has 0 aromatic carbocycles. The van der Waals surface area contributed by atoms with Gasteiger partial charge in [-0.05, 0) is 45.4 Å². The first-order chi connectivity index (χ1) is 8.37. The highest BCUT2D eigenvalue weighted by Gasteiger charge is 2.15.